The molecule has 7 heteroatoms. The molecule has 0 amide bonds. The van der Waals surface area contributed by atoms with Crippen molar-refractivity contribution >= 4 is 21.9 Å². The highest BCUT2D eigenvalue weighted by molar-refractivity contribution is 9.10. The van der Waals surface area contributed by atoms with Crippen LogP contribution in [0.25, 0.3) is 0 Å². The van der Waals surface area contributed by atoms with E-state index in [1.54, 1.807) is 11.8 Å². The van der Waals surface area contributed by atoms with Gasteiger partial charge in [0.15, 0.2) is 5.69 Å². The molecule has 1 N–H and O–H groups in total. The fourth-order valence-corrected chi connectivity index (χ4v) is 2.92. The number of halogens is 1. The zero-order chi connectivity index (χ0) is 15.0. The summed E-state index contributed by atoms with van der Waals surface area (Å²) in [5.41, 5.74) is 1.81. The minimum absolute atomic E-state index is 0.0741. The van der Waals surface area contributed by atoms with Crippen molar-refractivity contribution in [2.24, 2.45) is 0 Å². The van der Waals surface area contributed by atoms with E-state index in [4.69, 9.17) is 4.74 Å². The largest absolute Gasteiger partial charge is 0.496 e. The molecule has 0 bridgehead atoms. The van der Waals surface area contributed by atoms with E-state index >= 15 is 0 Å². The summed E-state index contributed by atoms with van der Waals surface area (Å²) in [7, 11) is 1.61. The predicted octanol–water partition coefficient (Wildman–Crippen LogP) is 2.67. The average Bonchev–Trinajstić information content (AvgIpc) is 3.20. The van der Waals surface area contributed by atoms with E-state index in [0.29, 0.717) is 6.54 Å². The van der Waals surface area contributed by atoms with E-state index in [1.165, 1.54) is 0 Å². The lowest BCUT2D eigenvalue weighted by atomic mass is 10.2. The smallest absolute Gasteiger partial charge is 0.358 e. The number of carboxylic acid groups (broad SMARTS) is 1. The molecule has 3 rings (SSSR count). The molecular weight excluding hydrogens is 338 g/mol. The van der Waals surface area contributed by atoms with E-state index in [2.05, 4.69) is 26.2 Å². The van der Waals surface area contributed by atoms with Crippen LogP contribution in [-0.4, -0.2) is 33.2 Å². The first kappa shape index (κ1) is 14.1. The maximum atomic E-state index is 11.2. The highest BCUT2D eigenvalue weighted by Gasteiger charge is 2.33. The number of benzene rings is 1. The molecule has 110 valence electrons. The van der Waals surface area contributed by atoms with Gasteiger partial charge in [-0.25, -0.2) is 9.48 Å². The number of carboxylic acids is 1. The molecule has 21 heavy (non-hydrogen) atoms. The quantitative estimate of drug-likeness (QED) is 0.895. The third-order valence-electron chi connectivity index (χ3n) is 3.49. The first-order valence-electron chi connectivity index (χ1n) is 6.59. The number of carbonyl (C=O) groups is 1. The number of hydrogen-bond acceptors (Lipinski definition) is 4. The molecule has 1 aliphatic rings. The number of hydrogen-bond donors (Lipinski definition) is 1. The minimum atomic E-state index is -1.01. The van der Waals surface area contributed by atoms with E-state index in [0.717, 1.165) is 34.3 Å². The van der Waals surface area contributed by atoms with Gasteiger partial charge in [-0.1, -0.05) is 11.3 Å². The maximum Gasteiger partial charge on any atom is 0.358 e. The molecule has 0 atom stereocenters. The topological polar surface area (TPSA) is 77.2 Å². The summed E-state index contributed by atoms with van der Waals surface area (Å²) in [6.07, 6.45) is 2.00. The summed E-state index contributed by atoms with van der Waals surface area (Å²) in [5.74, 6) is 0.0119. The number of nitrogens with zero attached hydrogens (tertiary/aromatic N) is 3. The van der Waals surface area contributed by atoms with Crippen LogP contribution >= 0.6 is 15.9 Å². The van der Waals surface area contributed by atoms with Crippen LogP contribution in [0.2, 0.25) is 0 Å². The molecule has 0 unspecified atom stereocenters. The Labute approximate surface area is 129 Å². The molecule has 2 aromatic rings. The van der Waals surface area contributed by atoms with Gasteiger partial charge in [-0.2, -0.15) is 0 Å². The molecule has 1 fully saturated rings. The molecule has 0 aliphatic heterocycles. The van der Waals surface area contributed by atoms with Gasteiger partial charge < -0.3 is 9.84 Å². The summed E-state index contributed by atoms with van der Waals surface area (Å²) in [4.78, 5) is 11.2. The van der Waals surface area contributed by atoms with Crippen LogP contribution in [-0.2, 0) is 6.54 Å². The molecule has 0 saturated heterocycles. The van der Waals surface area contributed by atoms with E-state index < -0.39 is 5.97 Å². The highest BCUT2D eigenvalue weighted by atomic mass is 79.9. The zero-order valence-electron chi connectivity index (χ0n) is 11.4. The third-order valence-corrected chi connectivity index (χ3v) is 4.11. The summed E-state index contributed by atoms with van der Waals surface area (Å²) in [6, 6.07) is 5.74. The van der Waals surface area contributed by atoms with Gasteiger partial charge in [0.2, 0.25) is 0 Å². The molecule has 1 heterocycles. The lowest BCUT2D eigenvalue weighted by Crippen LogP contribution is -2.08. The number of ether oxygens (including phenoxy) is 1. The van der Waals surface area contributed by atoms with Crippen molar-refractivity contribution in [1.29, 1.82) is 0 Å². The molecule has 0 spiro atoms. The average molecular weight is 352 g/mol. The first-order chi connectivity index (χ1) is 10.1. The molecule has 6 nitrogen and oxygen atoms in total. The molecule has 1 saturated carbocycles. The SMILES string of the molecule is COc1ccc(Cn2nnc(C(=O)O)c2C2CC2)cc1Br. The summed E-state index contributed by atoms with van der Waals surface area (Å²) >= 11 is 3.44. The maximum absolute atomic E-state index is 11.2. The van der Waals surface area contributed by atoms with E-state index in [9.17, 15) is 9.90 Å². The standard InChI is InChI=1S/C14H14BrN3O3/c1-21-11-5-2-8(6-10(11)15)7-18-13(9-3-4-9)12(14(19)20)16-17-18/h2,5-6,9H,3-4,7H2,1H3,(H,19,20). The van der Waals surface area contributed by atoms with Crippen molar-refractivity contribution in [1.82, 2.24) is 15.0 Å². The van der Waals surface area contributed by atoms with Crippen LogP contribution in [0.15, 0.2) is 22.7 Å². The molecule has 1 aliphatic carbocycles. The van der Waals surface area contributed by atoms with Crippen molar-refractivity contribution in [3.05, 3.63) is 39.6 Å². The van der Waals surface area contributed by atoms with Gasteiger partial charge in [-0.3, -0.25) is 0 Å². The molecule has 0 radical (unpaired) electrons. The van der Waals surface area contributed by atoms with Gasteiger partial charge in [0.05, 0.1) is 23.8 Å². The number of aromatic nitrogens is 3. The monoisotopic (exact) mass is 351 g/mol. The van der Waals surface area contributed by atoms with Crippen LogP contribution in [0.3, 0.4) is 0 Å². The Balaban J connectivity index is 1.91. The molecule has 1 aromatic carbocycles. The van der Waals surface area contributed by atoms with Gasteiger partial charge in [0, 0.05) is 5.92 Å². The predicted molar refractivity (Wildman–Crippen MR) is 78.8 cm³/mol. The van der Waals surface area contributed by atoms with Crippen molar-refractivity contribution < 1.29 is 14.6 Å². The second-order valence-electron chi connectivity index (χ2n) is 5.03. The van der Waals surface area contributed by atoms with Crippen molar-refractivity contribution in [3.8, 4) is 5.75 Å². The third kappa shape index (κ3) is 2.78. The van der Waals surface area contributed by atoms with Crippen molar-refractivity contribution in [2.75, 3.05) is 7.11 Å². The lowest BCUT2D eigenvalue weighted by molar-refractivity contribution is 0.0689. The van der Waals surface area contributed by atoms with Gasteiger partial charge in [-0.15, -0.1) is 5.10 Å². The van der Waals surface area contributed by atoms with Gasteiger partial charge >= 0.3 is 5.97 Å². The Kier molecular flexibility index (Phi) is 3.67. The Hall–Kier alpha value is -1.89. The van der Waals surface area contributed by atoms with Gasteiger partial charge in [0.25, 0.3) is 0 Å². The Morgan fingerprint density at radius 3 is 2.86 bits per heavy atom. The van der Waals surface area contributed by atoms with Crippen LogP contribution in [0.5, 0.6) is 5.75 Å². The van der Waals surface area contributed by atoms with Crippen LogP contribution in [0.4, 0.5) is 0 Å². The van der Waals surface area contributed by atoms with Crippen LogP contribution < -0.4 is 4.74 Å². The Bertz CT molecular complexity index is 695. The minimum Gasteiger partial charge on any atom is -0.496 e. The fraction of sp³-hybridized carbons (Fsp3) is 0.357. The highest BCUT2D eigenvalue weighted by Crippen LogP contribution is 2.41. The van der Waals surface area contributed by atoms with E-state index in [1.807, 2.05) is 18.2 Å². The van der Waals surface area contributed by atoms with Crippen molar-refractivity contribution in [2.45, 2.75) is 25.3 Å². The lowest BCUT2D eigenvalue weighted by Gasteiger charge is -2.08. The van der Waals surface area contributed by atoms with Gasteiger partial charge in [0.1, 0.15) is 5.75 Å². The normalized spacial score (nSPS) is 14.2. The van der Waals surface area contributed by atoms with E-state index in [-0.39, 0.29) is 11.6 Å². The summed E-state index contributed by atoms with van der Waals surface area (Å²) in [5, 5.41) is 17.0. The number of aromatic carboxylic acids is 1. The fourth-order valence-electron chi connectivity index (χ4n) is 2.33. The second kappa shape index (κ2) is 5.48. The number of rotatable bonds is 5. The summed E-state index contributed by atoms with van der Waals surface area (Å²) < 4.78 is 7.74. The van der Waals surface area contributed by atoms with Gasteiger partial charge in [-0.05, 0) is 46.5 Å². The van der Waals surface area contributed by atoms with Crippen LogP contribution in [0, 0.1) is 0 Å². The Morgan fingerprint density at radius 2 is 2.29 bits per heavy atom. The summed E-state index contributed by atoms with van der Waals surface area (Å²) in [6.45, 7) is 0.495. The molecule has 1 aromatic heterocycles. The van der Waals surface area contributed by atoms with Crippen molar-refractivity contribution in [3.63, 3.8) is 0 Å². The Morgan fingerprint density at radius 1 is 1.52 bits per heavy atom. The zero-order valence-corrected chi connectivity index (χ0v) is 13.0. The second-order valence-corrected chi connectivity index (χ2v) is 5.88. The number of methoxy groups -OCH3 is 1. The molecular formula is C14H14BrN3O3. The van der Waals surface area contributed by atoms with Crippen LogP contribution in [0.1, 0.15) is 40.5 Å². The first-order valence-corrected chi connectivity index (χ1v) is 7.38.